The molecule has 0 aromatic heterocycles. The molecular formula is C19H26O3. The van der Waals surface area contributed by atoms with Gasteiger partial charge in [-0.3, -0.25) is 9.59 Å². The fraction of sp³-hybridized carbons (Fsp3) is 0.789. The molecule has 0 aromatic rings. The van der Waals surface area contributed by atoms with Crippen LogP contribution in [0.2, 0.25) is 0 Å². The zero-order valence-corrected chi connectivity index (χ0v) is 13.6. The smallest absolute Gasteiger partial charge is 0.155 e. The molecule has 22 heavy (non-hydrogen) atoms. The predicted molar refractivity (Wildman–Crippen MR) is 83.1 cm³/mol. The zero-order chi connectivity index (χ0) is 15.7. The molecule has 0 heterocycles. The van der Waals surface area contributed by atoms with E-state index in [-0.39, 0.29) is 17.0 Å². The maximum atomic E-state index is 12.4. The number of hydrogen-bond donors (Lipinski definition) is 1. The third kappa shape index (κ3) is 1.66. The van der Waals surface area contributed by atoms with Gasteiger partial charge < -0.3 is 5.11 Å². The van der Waals surface area contributed by atoms with E-state index in [4.69, 9.17) is 0 Å². The number of rotatable bonds is 0. The van der Waals surface area contributed by atoms with Crippen molar-refractivity contribution in [3.05, 3.63) is 11.6 Å². The first-order chi connectivity index (χ1) is 10.4. The van der Waals surface area contributed by atoms with Crippen LogP contribution in [0, 0.1) is 28.6 Å². The van der Waals surface area contributed by atoms with Gasteiger partial charge in [-0.2, -0.15) is 0 Å². The summed E-state index contributed by atoms with van der Waals surface area (Å²) >= 11 is 0. The Hall–Kier alpha value is -0.960. The molecule has 0 aromatic carbocycles. The lowest BCUT2D eigenvalue weighted by Crippen LogP contribution is -2.56. The van der Waals surface area contributed by atoms with E-state index in [2.05, 4.69) is 6.92 Å². The quantitative estimate of drug-likeness (QED) is 0.748. The summed E-state index contributed by atoms with van der Waals surface area (Å²) in [5, 5.41) is 10.8. The van der Waals surface area contributed by atoms with E-state index in [0.717, 1.165) is 32.1 Å². The summed E-state index contributed by atoms with van der Waals surface area (Å²) in [6.45, 7) is 4.31. The highest BCUT2D eigenvalue weighted by Crippen LogP contribution is 2.64. The van der Waals surface area contributed by atoms with Crippen LogP contribution in [0.3, 0.4) is 0 Å². The van der Waals surface area contributed by atoms with Gasteiger partial charge in [0, 0.05) is 12.8 Å². The van der Waals surface area contributed by atoms with Gasteiger partial charge in [0.2, 0.25) is 0 Å². The lowest BCUT2D eigenvalue weighted by molar-refractivity contribution is -0.150. The topological polar surface area (TPSA) is 54.4 Å². The Morgan fingerprint density at radius 1 is 1.09 bits per heavy atom. The van der Waals surface area contributed by atoms with Crippen LogP contribution in [0.4, 0.5) is 0 Å². The number of carbonyl (C=O) groups excluding carboxylic acids is 2. The van der Waals surface area contributed by atoms with Crippen LogP contribution in [-0.2, 0) is 9.59 Å². The largest absolute Gasteiger partial charge is 0.392 e. The Labute approximate surface area is 132 Å². The summed E-state index contributed by atoms with van der Waals surface area (Å²) in [5.74, 6) is 1.84. The average Bonchev–Trinajstić information content (AvgIpc) is 2.79. The van der Waals surface area contributed by atoms with Gasteiger partial charge in [0.05, 0.1) is 11.5 Å². The van der Waals surface area contributed by atoms with Crippen LogP contribution >= 0.6 is 0 Å². The fourth-order valence-electron chi connectivity index (χ4n) is 6.31. The lowest BCUT2D eigenvalue weighted by Gasteiger charge is -2.58. The highest BCUT2D eigenvalue weighted by molar-refractivity contribution is 5.91. The first-order valence-corrected chi connectivity index (χ1v) is 8.82. The lowest BCUT2D eigenvalue weighted by atomic mass is 9.47. The Morgan fingerprint density at radius 3 is 2.64 bits per heavy atom. The van der Waals surface area contributed by atoms with E-state index in [1.807, 2.05) is 13.0 Å². The van der Waals surface area contributed by atoms with Gasteiger partial charge in [-0.25, -0.2) is 0 Å². The number of allylic oxidation sites excluding steroid dienone is 1. The molecule has 0 spiro atoms. The molecule has 3 nitrogen and oxygen atoms in total. The summed E-state index contributed by atoms with van der Waals surface area (Å²) in [7, 11) is 0. The molecule has 0 bridgehead atoms. The Morgan fingerprint density at radius 2 is 1.86 bits per heavy atom. The highest BCUT2D eigenvalue weighted by Gasteiger charge is 2.62. The third-order valence-corrected chi connectivity index (χ3v) is 7.78. The van der Waals surface area contributed by atoms with Gasteiger partial charge in [0.15, 0.2) is 5.78 Å². The molecule has 1 N–H and O–H groups in total. The van der Waals surface area contributed by atoms with E-state index in [1.165, 1.54) is 5.57 Å². The van der Waals surface area contributed by atoms with Crippen molar-refractivity contribution in [1.29, 1.82) is 0 Å². The molecule has 0 saturated heterocycles. The maximum absolute atomic E-state index is 12.4. The summed E-state index contributed by atoms with van der Waals surface area (Å²) < 4.78 is 0. The molecule has 0 aliphatic heterocycles. The number of aliphatic hydroxyl groups excluding tert-OH is 1. The van der Waals surface area contributed by atoms with Crippen LogP contribution in [0.5, 0.6) is 0 Å². The van der Waals surface area contributed by atoms with Gasteiger partial charge in [-0.05, 0) is 68.3 Å². The normalized spacial score (nSPS) is 51.0. The highest BCUT2D eigenvalue weighted by atomic mass is 16.3. The minimum absolute atomic E-state index is 0.0603. The molecular weight excluding hydrogens is 276 g/mol. The van der Waals surface area contributed by atoms with E-state index in [9.17, 15) is 14.7 Å². The van der Waals surface area contributed by atoms with Crippen molar-refractivity contribution < 1.29 is 14.7 Å². The van der Waals surface area contributed by atoms with Gasteiger partial charge in [-0.15, -0.1) is 0 Å². The first kappa shape index (κ1) is 14.6. The SMILES string of the molecule is C[C@]12CCC(=O)C=C1CC[C@@H]1[C@H]2CC(O)[C@]2(C)C(=O)CC[C@@H]12. The van der Waals surface area contributed by atoms with Crippen LogP contribution in [0.15, 0.2) is 11.6 Å². The van der Waals surface area contributed by atoms with Gasteiger partial charge >= 0.3 is 0 Å². The Kier molecular flexibility index (Phi) is 3.01. The molecule has 4 aliphatic rings. The molecule has 3 fully saturated rings. The summed E-state index contributed by atoms with van der Waals surface area (Å²) in [5.41, 5.74) is 0.860. The van der Waals surface area contributed by atoms with Crippen LogP contribution in [-0.4, -0.2) is 22.8 Å². The molecule has 4 aliphatic carbocycles. The van der Waals surface area contributed by atoms with Crippen molar-refractivity contribution in [3.63, 3.8) is 0 Å². The second-order valence-electron chi connectivity index (χ2n) is 8.46. The first-order valence-electron chi connectivity index (χ1n) is 8.82. The number of Topliss-reactive ketones (excluding diaryl/α,β-unsaturated/α-hetero) is 1. The van der Waals surface area contributed by atoms with Gasteiger partial charge in [-0.1, -0.05) is 12.5 Å². The standard InChI is InChI=1S/C19H26O3/c1-18-8-7-12(20)9-11(18)3-4-13-14-5-6-16(21)19(14,2)17(22)10-15(13)18/h9,13-15,17,22H,3-8,10H2,1-2H3/t13-,14-,15+,17?,18-,19-/m0/s1. The summed E-state index contributed by atoms with van der Waals surface area (Å²) in [4.78, 5) is 24.2. The summed E-state index contributed by atoms with van der Waals surface area (Å²) in [6.07, 6.45) is 7.33. The molecule has 0 amide bonds. The number of carbonyl (C=O) groups is 2. The van der Waals surface area contributed by atoms with Crippen molar-refractivity contribution in [2.75, 3.05) is 0 Å². The second kappa shape index (κ2) is 4.53. The van der Waals surface area contributed by atoms with Crippen molar-refractivity contribution in [1.82, 2.24) is 0 Å². The van der Waals surface area contributed by atoms with E-state index in [0.29, 0.717) is 30.6 Å². The molecule has 3 saturated carbocycles. The maximum Gasteiger partial charge on any atom is 0.155 e. The van der Waals surface area contributed by atoms with E-state index >= 15 is 0 Å². The minimum atomic E-state index is -0.512. The number of fused-ring (bicyclic) bond motifs is 5. The molecule has 1 unspecified atom stereocenters. The Balaban J connectivity index is 1.74. The van der Waals surface area contributed by atoms with E-state index < -0.39 is 11.5 Å². The number of ketones is 2. The van der Waals surface area contributed by atoms with Crippen LogP contribution < -0.4 is 0 Å². The third-order valence-electron chi connectivity index (χ3n) is 7.78. The molecule has 0 radical (unpaired) electrons. The molecule has 120 valence electrons. The number of hydrogen-bond acceptors (Lipinski definition) is 3. The van der Waals surface area contributed by atoms with Crippen molar-refractivity contribution in [2.45, 2.75) is 64.9 Å². The van der Waals surface area contributed by atoms with Crippen LogP contribution in [0.25, 0.3) is 0 Å². The molecule has 3 heteroatoms. The van der Waals surface area contributed by atoms with E-state index in [1.54, 1.807) is 0 Å². The fourth-order valence-corrected chi connectivity index (χ4v) is 6.31. The second-order valence-corrected chi connectivity index (χ2v) is 8.46. The Bertz CT molecular complexity index is 577. The predicted octanol–water partition coefficient (Wildman–Crippen LogP) is 3.06. The molecule has 6 atom stereocenters. The average molecular weight is 302 g/mol. The summed E-state index contributed by atoms with van der Waals surface area (Å²) in [6, 6.07) is 0. The monoisotopic (exact) mass is 302 g/mol. The molecule has 4 rings (SSSR count). The van der Waals surface area contributed by atoms with Crippen molar-refractivity contribution in [2.24, 2.45) is 28.6 Å². The zero-order valence-electron chi connectivity index (χ0n) is 13.6. The van der Waals surface area contributed by atoms with Crippen molar-refractivity contribution in [3.8, 4) is 0 Å². The van der Waals surface area contributed by atoms with Gasteiger partial charge in [0.25, 0.3) is 0 Å². The minimum Gasteiger partial charge on any atom is -0.392 e. The number of aliphatic hydroxyl groups is 1. The van der Waals surface area contributed by atoms with Gasteiger partial charge in [0.1, 0.15) is 5.78 Å². The van der Waals surface area contributed by atoms with Crippen LogP contribution in [0.1, 0.15) is 58.8 Å². The van der Waals surface area contributed by atoms with Crippen molar-refractivity contribution >= 4 is 11.6 Å².